The molecule has 0 atom stereocenters. The van der Waals surface area contributed by atoms with Gasteiger partial charge in [0.15, 0.2) is 11.5 Å². The Hall–Kier alpha value is -1.90. The van der Waals surface area contributed by atoms with E-state index in [0.29, 0.717) is 0 Å². The van der Waals surface area contributed by atoms with Gasteiger partial charge in [0.05, 0.1) is 0 Å². The quantitative estimate of drug-likeness (QED) is 0.685. The largest absolute Gasteiger partial charge is 0.504 e. The van der Waals surface area contributed by atoms with Crippen molar-refractivity contribution in [2.24, 2.45) is 5.41 Å². The van der Waals surface area contributed by atoms with E-state index in [2.05, 4.69) is 24.2 Å². The van der Waals surface area contributed by atoms with Crippen LogP contribution in [0, 0.1) is 5.41 Å². The molecule has 0 amide bonds. The topological polar surface area (TPSA) is 43.7 Å². The molecule has 1 aromatic rings. The Morgan fingerprint density at radius 1 is 1.00 bits per heavy atom. The highest BCUT2D eigenvalue weighted by atomic mass is 16.3. The first-order valence-corrected chi connectivity index (χ1v) is 9.28. The third-order valence-corrected chi connectivity index (χ3v) is 6.17. The lowest BCUT2D eigenvalue weighted by atomic mass is 9.60. The molecule has 1 aliphatic heterocycles. The number of nitrogens with zero attached hydrogens (tertiary/aromatic N) is 1. The van der Waals surface area contributed by atoms with E-state index in [1.807, 2.05) is 6.07 Å². The average molecular weight is 325 g/mol. The Kier molecular flexibility index (Phi) is 3.82. The van der Waals surface area contributed by atoms with Gasteiger partial charge in [-0.15, -0.1) is 0 Å². The first kappa shape index (κ1) is 15.6. The van der Waals surface area contributed by atoms with Crippen molar-refractivity contribution in [2.45, 2.75) is 51.4 Å². The van der Waals surface area contributed by atoms with Crippen molar-refractivity contribution in [3.05, 3.63) is 41.1 Å². The van der Waals surface area contributed by atoms with Crippen molar-refractivity contribution in [2.75, 3.05) is 13.6 Å². The van der Waals surface area contributed by atoms with Gasteiger partial charge < -0.3 is 15.1 Å². The van der Waals surface area contributed by atoms with Gasteiger partial charge in [-0.1, -0.05) is 44.2 Å². The van der Waals surface area contributed by atoms with Crippen LogP contribution in [0.3, 0.4) is 0 Å². The molecule has 24 heavy (non-hydrogen) atoms. The summed E-state index contributed by atoms with van der Waals surface area (Å²) in [5.41, 5.74) is 4.90. The molecular formula is C21H27NO2. The van der Waals surface area contributed by atoms with Crippen molar-refractivity contribution in [1.82, 2.24) is 4.90 Å². The number of phenols is 2. The van der Waals surface area contributed by atoms with E-state index >= 15 is 0 Å². The standard InChI is InChI=1S/C21H27NO2/c1-22-12-9-18-17(14-22)15-7-8-19(23)20(24)16(15)13-21(18)10-5-3-2-4-6-11-21/h7-9,14,23-24H,2-6,10-13H2,1H3. The van der Waals surface area contributed by atoms with E-state index in [9.17, 15) is 10.2 Å². The maximum atomic E-state index is 10.5. The number of likely N-dealkylation sites (N-methyl/N-ethyl adjacent to an activating group) is 1. The lowest BCUT2D eigenvalue weighted by Crippen LogP contribution is -2.35. The minimum Gasteiger partial charge on any atom is -0.504 e. The summed E-state index contributed by atoms with van der Waals surface area (Å²) in [6.45, 7) is 0.958. The van der Waals surface area contributed by atoms with Crippen LogP contribution < -0.4 is 0 Å². The summed E-state index contributed by atoms with van der Waals surface area (Å²) < 4.78 is 0. The van der Waals surface area contributed by atoms with Crippen LogP contribution in [0.5, 0.6) is 11.5 Å². The molecule has 2 N–H and O–H groups in total. The molecule has 0 saturated heterocycles. The van der Waals surface area contributed by atoms with Crippen LogP contribution >= 0.6 is 0 Å². The Morgan fingerprint density at radius 2 is 1.71 bits per heavy atom. The Bertz CT molecular complexity index is 709. The van der Waals surface area contributed by atoms with Gasteiger partial charge in [0.1, 0.15) is 0 Å². The molecule has 3 aliphatic rings. The molecule has 1 saturated carbocycles. The second kappa shape index (κ2) is 5.87. The maximum absolute atomic E-state index is 10.5. The second-order valence-corrected chi connectivity index (χ2v) is 7.78. The van der Waals surface area contributed by atoms with Gasteiger partial charge in [-0.05, 0) is 41.9 Å². The molecule has 0 radical (unpaired) electrons. The third-order valence-electron chi connectivity index (χ3n) is 6.17. The molecule has 4 rings (SSSR count). The van der Waals surface area contributed by atoms with Crippen molar-refractivity contribution in [3.63, 3.8) is 0 Å². The summed E-state index contributed by atoms with van der Waals surface area (Å²) in [4.78, 5) is 2.20. The fourth-order valence-corrected chi connectivity index (χ4v) is 4.92. The smallest absolute Gasteiger partial charge is 0.161 e. The minimum atomic E-state index is 0.00642. The third kappa shape index (κ3) is 2.42. The van der Waals surface area contributed by atoms with Gasteiger partial charge in [-0.3, -0.25) is 0 Å². The maximum Gasteiger partial charge on any atom is 0.161 e. The van der Waals surface area contributed by atoms with Crippen LogP contribution in [0.15, 0.2) is 30.0 Å². The fraction of sp³-hybridized carbons (Fsp3) is 0.524. The Morgan fingerprint density at radius 3 is 2.46 bits per heavy atom. The molecule has 2 aliphatic carbocycles. The molecule has 3 nitrogen and oxygen atoms in total. The Balaban J connectivity index is 1.88. The highest BCUT2D eigenvalue weighted by Gasteiger charge is 2.42. The number of rotatable bonds is 0. The molecule has 3 heteroatoms. The van der Waals surface area contributed by atoms with Crippen LogP contribution in [-0.2, 0) is 6.42 Å². The molecule has 1 heterocycles. The number of hydrogen-bond acceptors (Lipinski definition) is 3. The summed E-state index contributed by atoms with van der Waals surface area (Å²) >= 11 is 0. The van der Waals surface area contributed by atoms with Crippen LogP contribution in [0.1, 0.15) is 56.1 Å². The highest BCUT2D eigenvalue weighted by Crippen LogP contribution is 2.55. The molecule has 0 bridgehead atoms. The number of aromatic hydroxyl groups is 2. The second-order valence-electron chi connectivity index (χ2n) is 7.78. The zero-order valence-electron chi connectivity index (χ0n) is 14.5. The minimum absolute atomic E-state index is 0.00642. The fourth-order valence-electron chi connectivity index (χ4n) is 4.92. The van der Waals surface area contributed by atoms with Gasteiger partial charge in [0.25, 0.3) is 0 Å². The number of fused-ring (bicyclic) bond motifs is 4. The van der Waals surface area contributed by atoms with Crippen molar-refractivity contribution in [3.8, 4) is 11.5 Å². The SMILES string of the molecule is CN1C=C2C(=CC1)C1(CCCCCCC1)Cc1c2ccc(O)c1O. The van der Waals surface area contributed by atoms with Crippen molar-refractivity contribution >= 4 is 5.57 Å². The zero-order chi connectivity index (χ0) is 16.7. The summed E-state index contributed by atoms with van der Waals surface area (Å²) in [7, 11) is 2.10. The van der Waals surface area contributed by atoms with E-state index in [-0.39, 0.29) is 16.9 Å². The van der Waals surface area contributed by atoms with Crippen LogP contribution in [-0.4, -0.2) is 28.7 Å². The summed E-state index contributed by atoms with van der Waals surface area (Å²) in [5.74, 6) is 0.0917. The molecule has 128 valence electrons. The normalized spacial score (nSPS) is 22.8. The van der Waals surface area contributed by atoms with Crippen molar-refractivity contribution < 1.29 is 10.2 Å². The first-order chi connectivity index (χ1) is 11.6. The molecule has 1 spiro atoms. The number of allylic oxidation sites excluding steroid dienone is 2. The lowest BCUT2D eigenvalue weighted by Gasteiger charge is -2.45. The zero-order valence-corrected chi connectivity index (χ0v) is 14.5. The molecule has 0 aromatic heterocycles. The van der Waals surface area contributed by atoms with Crippen LogP contribution in [0.4, 0.5) is 0 Å². The number of phenolic OH excluding ortho intramolecular Hbond substituents is 2. The van der Waals surface area contributed by atoms with E-state index in [0.717, 1.165) is 24.1 Å². The van der Waals surface area contributed by atoms with Crippen LogP contribution in [0.2, 0.25) is 0 Å². The van der Waals surface area contributed by atoms with E-state index in [1.165, 1.54) is 56.1 Å². The highest BCUT2D eigenvalue weighted by molar-refractivity contribution is 5.86. The van der Waals surface area contributed by atoms with E-state index in [1.54, 1.807) is 6.07 Å². The van der Waals surface area contributed by atoms with Gasteiger partial charge in [-0.2, -0.15) is 0 Å². The lowest BCUT2D eigenvalue weighted by molar-refractivity contribution is 0.255. The van der Waals surface area contributed by atoms with E-state index < -0.39 is 0 Å². The van der Waals surface area contributed by atoms with Gasteiger partial charge in [-0.25, -0.2) is 0 Å². The molecule has 1 fully saturated rings. The van der Waals surface area contributed by atoms with Gasteiger partial charge >= 0.3 is 0 Å². The number of hydrogen-bond donors (Lipinski definition) is 2. The Labute approximate surface area is 144 Å². The van der Waals surface area contributed by atoms with E-state index in [4.69, 9.17) is 0 Å². The predicted molar refractivity (Wildman–Crippen MR) is 96.9 cm³/mol. The summed E-state index contributed by atoms with van der Waals surface area (Å²) in [5, 5.41) is 20.5. The van der Waals surface area contributed by atoms with Crippen LogP contribution in [0.25, 0.3) is 5.57 Å². The molecule has 0 unspecified atom stereocenters. The number of benzene rings is 1. The van der Waals surface area contributed by atoms with Crippen molar-refractivity contribution in [1.29, 1.82) is 0 Å². The molecular weight excluding hydrogens is 298 g/mol. The summed E-state index contributed by atoms with van der Waals surface area (Å²) in [6, 6.07) is 3.59. The average Bonchev–Trinajstić information content (AvgIpc) is 2.55. The first-order valence-electron chi connectivity index (χ1n) is 9.28. The van der Waals surface area contributed by atoms with Gasteiger partial charge in [0, 0.05) is 30.9 Å². The molecule has 1 aromatic carbocycles. The summed E-state index contributed by atoms with van der Waals surface area (Å²) in [6.07, 6.45) is 14.4. The van der Waals surface area contributed by atoms with Gasteiger partial charge in [0.2, 0.25) is 0 Å². The predicted octanol–water partition coefficient (Wildman–Crippen LogP) is 4.60. The monoisotopic (exact) mass is 325 g/mol.